The van der Waals surface area contributed by atoms with Gasteiger partial charge in [0.05, 0.1) is 11.1 Å². The van der Waals surface area contributed by atoms with Crippen molar-refractivity contribution in [3.05, 3.63) is 34.9 Å². The molecular weight excluding hydrogens is 360 g/mol. The van der Waals surface area contributed by atoms with Gasteiger partial charge in [0.25, 0.3) is 17.7 Å². The molecule has 0 aliphatic carbocycles. The number of hydrogen-bond donors (Lipinski definition) is 0. The van der Waals surface area contributed by atoms with E-state index in [2.05, 4.69) is 6.92 Å². The van der Waals surface area contributed by atoms with Gasteiger partial charge in [0.1, 0.15) is 0 Å². The molecule has 7 heteroatoms. The van der Waals surface area contributed by atoms with Crippen molar-refractivity contribution in [2.75, 3.05) is 26.2 Å². The number of benzene rings is 1. The Kier molecular flexibility index (Phi) is 6.11. The summed E-state index contributed by atoms with van der Waals surface area (Å²) in [7, 11) is 0. The third kappa shape index (κ3) is 4.40. The van der Waals surface area contributed by atoms with E-state index in [1.807, 2.05) is 6.92 Å². The fourth-order valence-electron chi connectivity index (χ4n) is 3.71. The maximum atomic E-state index is 12.4. The predicted molar refractivity (Wildman–Crippen MR) is 102 cm³/mol. The molecule has 1 atom stereocenters. The van der Waals surface area contributed by atoms with Crippen molar-refractivity contribution in [1.29, 1.82) is 0 Å². The van der Waals surface area contributed by atoms with Gasteiger partial charge >= 0.3 is 5.97 Å². The SMILES string of the molecule is Cc1ccc2c(c1)C(=O)N(CCCC(=O)OCC(=O)N1CCCC(C)C1)C2=O. The van der Waals surface area contributed by atoms with Crippen LogP contribution in [0.3, 0.4) is 0 Å². The molecule has 1 saturated heterocycles. The van der Waals surface area contributed by atoms with Crippen LogP contribution in [0.2, 0.25) is 0 Å². The standard InChI is InChI=1S/C21H26N2O5/c1-14-7-8-16-17(11-14)21(27)23(20(16)26)10-4-6-19(25)28-13-18(24)22-9-3-5-15(2)12-22/h7-8,11,15H,3-6,9-10,12-13H2,1-2H3. The molecule has 0 bridgehead atoms. The average Bonchev–Trinajstić information content (AvgIpc) is 2.90. The first-order valence-electron chi connectivity index (χ1n) is 9.77. The van der Waals surface area contributed by atoms with E-state index in [0.717, 1.165) is 23.3 Å². The number of hydrogen-bond acceptors (Lipinski definition) is 5. The predicted octanol–water partition coefficient (Wildman–Crippen LogP) is 2.17. The molecule has 2 aliphatic heterocycles. The quantitative estimate of drug-likeness (QED) is 0.553. The van der Waals surface area contributed by atoms with Gasteiger partial charge in [-0.2, -0.15) is 0 Å². The Morgan fingerprint density at radius 2 is 1.93 bits per heavy atom. The molecule has 0 radical (unpaired) electrons. The summed E-state index contributed by atoms with van der Waals surface area (Å²) < 4.78 is 5.07. The molecule has 150 valence electrons. The molecule has 1 fully saturated rings. The van der Waals surface area contributed by atoms with Crippen molar-refractivity contribution in [2.45, 2.75) is 39.5 Å². The number of carbonyl (C=O) groups excluding carboxylic acids is 4. The highest BCUT2D eigenvalue weighted by Gasteiger charge is 2.35. The van der Waals surface area contributed by atoms with Gasteiger partial charge < -0.3 is 9.64 Å². The first kappa shape index (κ1) is 20.0. The smallest absolute Gasteiger partial charge is 0.306 e. The lowest BCUT2D eigenvalue weighted by molar-refractivity contribution is -0.152. The molecule has 7 nitrogen and oxygen atoms in total. The van der Waals surface area contributed by atoms with Crippen LogP contribution in [0.5, 0.6) is 0 Å². The molecule has 1 unspecified atom stereocenters. The Morgan fingerprint density at radius 3 is 2.68 bits per heavy atom. The van der Waals surface area contributed by atoms with E-state index in [1.165, 1.54) is 0 Å². The lowest BCUT2D eigenvalue weighted by atomic mass is 10.0. The summed E-state index contributed by atoms with van der Waals surface area (Å²) in [4.78, 5) is 51.7. The Labute approximate surface area is 164 Å². The van der Waals surface area contributed by atoms with Gasteiger partial charge in [-0.1, -0.05) is 18.6 Å². The van der Waals surface area contributed by atoms with Crippen molar-refractivity contribution in [3.63, 3.8) is 0 Å². The van der Waals surface area contributed by atoms with E-state index in [4.69, 9.17) is 4.74 Å². The second kappa shape index (κ2) is 8.54. The normalized spacial score (nSPS) is 19.0. The Morgan fingerprint density at radius 1 is 1.18 bits per heavy atom. The number of esters is 1. The Bertz CT molecular complexity index is 804. The van der Waals surface area contributed by atoms with Crippen LogP contribution in [-0.4, -0.2) is 59.7 Å². The van der Waals surface area contributed by atoms with Gasteiger partial charge in [0.15, 0.2) is 6.61 Å². The summed E-state index contributed by atoms with van der Waals surface area (Å²) >= 11 is 0. The minimum atomic E-state index is -0.495. The summed E-state index contributed by atoms with van der Waals surface area (Å²) in [6.07, 6.45) is 2.44. The van der Waals surface area contributed by atoms with Crippen molar-refractivity contribution in [1.82, 2.24) is 9.80 Å². The molecule has 2 aliphatic rings. The molecule has 1 aromatic carbocycles. The highest BCUT2D eigenvalue weighted by atomic mass is 16.5. The monoisotopic (exact) mass is 386 g/mol. The molecular formula is C21H26N2O5. The Hall–Kier alpha value is -2.70. The number of aryl methyl sites for hydroxylation is 1. The highest BCUT2D eigenvalue weighted by Crippen LogP contribution is 2.24. The first-order chi connectivity index (χ1) is 13.4. The van der Waals surface area contributed by atoms with Crippen LogP contribution >= 0.6 is 0 Å². The fourth-order valence-corrected chi connectivity index (χ4v) is 3.71. The van der Waals surface area contributed by atoms with E-state index >= 15 is 0 Å². The lowest BCUT2D eigenvalue weighted by Gasteiger charge is -2.30. The molecule has 3 amide bonds. The first-order valence-corrected chi connectivity index (χ1v) is 9.77. The summed E-state index contributed by atoms with van der Waals surface area (Å²) in [5.74, 6) is -0.854. The lowest BCUT2D eigenvalue weighted by Crippen LogP contribution is -2.41. The van der Waals surface area contributed by atoms with E-state index in [0.29, 0.717) is 36.6 Å². The van der Waals surface area contributed by atoms with E-state index in [9.17, 15) is 19.2 Å². The van der Waals surface area contributed by atoms with Gasteiger partial charge in [0.2, 0.25) is 0 Å². The number of carbonyl (C=O) groups is 4. The zero-order chi connectivity index (χ0) is 20.3. The van der Waals surface area contributed by atoms with Crippen LogP contribution in [0, 0.1) is 12.8 Å². The summed E-state index contributed by atoms with van der Waals surface area (Å²) in [6.45, 7) is 5.28. The Balaban J connectivity index is 1.41. The number of imide groups is 1. The zero-order valence-electron chi connectivity index (χ0n) is 16.4. The fraction of sp³-hybridized carbons (Fsp3) is 0.524. The number of ether oxygens (including phenoxy) is 1. The van der Waals surface area contributed by atoms with E-state index in [-0.39, 0.29) is 37.3 Å². The maximum Gasteiger partial charge on any atom is 0.306 e. The van der Waals surface area contributed by atoms with Gasteiger partial charge in [-0.3, -0.25) is 24.1 Å². The van der Waals surface area contributed by atoms with Gasteiger partial charge in [-0.25, -0.2) is 0 Å². The molecule has 28 heavy (non-hydrogen) atoms. The van der Waals surface area contributed by atoms with Crippen molar-refractivity contribution in [2.24, 2.45) is 5.92 Å². The molecule has 0 spiro atoms. The number of amides is 3. The van der Waals surface area contributed by atoms with Crippen LogP contribution in [0.25, 0.3) is 0 Å². The van der Waals surface area contributed by atoms with Crippen molar-refractivity contribution < 1.29 is 23.9 Å². The third-order valence-corrected chi connectivity index (χ3v) is 5.26. The number of fused-ring (bicyclic) bond motifs is 1. The summed E-state index contributed by atoms with van der Waals surface area (Å²) in [5, 5.41) is 0. The minimum absolute atomic E-state index is 0.0517. The molecule has 0 N–H and O–H groups in total. The maximum absolute atomic E-state index is 12.4. The third-order valence-electron chi connectivity index (χ3n) is 5.26. The summed E-state index contributed by atoms with van der Waals surface area (Å²) in [6, 6.07) is 5.16. The van der Waals surface area contributed by atoms with Crippen molar-refractivity contribution in [3.8, 4) is 0 Å². The second-order valence-corrected chi connectivity index (χ2v) is 7.66. The molecule has 1 aromatic rings. The van der Waals surface area contributed by atoms with E-state index < -0.39 is 5.97 Å². The number of likely N-dealkylation sites (tertiary alicyclic amines) is 1. The van der Waals surface area contributed by atoms with E-state index in [1.54, 1.807) is 23.1 Å². The largest absolute Gasteiger partial charge is 0.456 e. The van der Waals surface area contributed by atoms with Crippen LogP contribution in [0.4, 0.5) is 0 Å². The molecule has 2 heterocycles. The average molecular weight is 386 g/mol. The van der Waals surface area contributed by atoms with Gasteiger partial charge in [-0.15, -0.1) is 0 Å². The van der Waals surface area contributed by atoms with Gasteiger partial charge in [-0.05, 0) is 44.2 Å². The van der Waals surface area contributed by atoms with Crippen LogP contribution in [0.1, 0.15) is 58.9 Å². The number of rotatable bonds is 6. The topological polar surface area (TPSA) is 84.0 Å². The molecule has 3 rings (SSSR count). The molecule has 0 saturated carbocycles. The second-order valence-electron chi connectivity index (χ2n) is 7.66. The number of piperidine rings is 1. The van der Waals surface area contributed by atoms with Crippen molar-refractivity contribution >= 4 is 23.7 Å². The van der Waals surface area contributed by atoms with Gasteiger partial charge in [0, 0.05) is 26.1 Å². The number of nitrogens with zero attached hydrogens (tertiary/aromatic N) is 2. The minimum Gasteiger partial charge on any atom is -0.456 e. The van der Waals surface area contributed by atoms with Crippen LogP contribution < -0.4 is 0 Å². The van der Waals surface area contributed by atoms with Crippen LogP contribution in [0.15, 0.2) is 18.2 Å². The highest BCUT2D eigenvalue weighted by molar-refractivity contribution is 6.21. The van der Waals surface area contributed by atoms with Crippen LogP contribution in [-0.2, 0) is 14.3 Å². The summed E-state index contributed by atoms with van der Waals surface area (Å²) in [5.41, 5.74) is 1.73. The molecule has 0 aromatic heterocycles. The zero-order valence-corrected chi connectivity index (χ0v) is 16.4.